The number of aromatic nitrogens is 1. The Hall–Kier alpha value is -1.53. The van der Waals surface area contributed by atoms with Crippen molar-refractivity contribution in [3.63, 3.8) is 0 Å². The molecule has 0 radical (unpaired) electrons. The van der Waals surface area contributed by atoms with E-state index in [1.807, 2.05) is 19.0 Å². The van der Waals surface area contributed by atoms with Crippen LogP contribution in [-0.4, -0.2) is 30.1 Å². The maximum Gasteiger partial charge on any atom is 0.252 e. The second-order valence-corrected chi connectivity index (χ2v) is 5.96. The molecule has 0 amide bonds. The highest BCUT2D eigenvalue weighted by Crippen LogP contribution is 2.20. The van der Waals surface area contributed by atoms with Gasteiger partial charge in [0.15, 0.2) is 11.6 Å². The molecule has 0 aliphatic rings. The van der Waals surface area contributed by atoms with E-state index >= 15 is 0 Å². The van der Waals surface area contributed by atoms with Gasteiger partial charge in [0.2, 0.25) is 0 Å². The Morgan fingerprint density at radius 2 is 1.90 bits per heavy atom. The first-order valence-corrected chi connectivity index (χ1v) is 7.15. The molecule has 1 aromatic heterocycles. The molecule has 1 atom stereocenters. The number of pyridine rings is 1. The first-order valence-electron chi connectivity index (χ1n) is 6.36. The zero-order chi connectivity index (χ0) is 15.6. The van der Waals surface area contributed by atoms with E-state index in [0.717, 1.165) is 12.1 Å². The van der Waals surface area contributed by atoms with Crippen molar-refractivity contribution in [3.8, 4) is 0 Å². The summed E-state index contributed by atoms with van der Waals surface area (Å²) >= 11 is 3.24. The van der Waals surface area contributed by atoms with E-state index in [1.54, 1.807) is 12.3 Å². The Kier molecular flexibility index (Phi) is 4.90. The van der Waals surface area contributed by atoms with Gasteiger partial charge in [-0.3, -0.25) is 4.79 Å². The highest BCUT2D eigenvalue weighted by atomic mass is 79.9. The van der Waals surface area contributed by atoms with Crippen molar-refractivity contribution < 1.29 is 8.78 Å². The van der Waals surface area contributed by atoms with Gasteiger partial charge in [0.25, 0.3) is 5.56 Å². The zero-order valence-corrected chi connectivity index (χ0v) is 13.3. The number of likely N-dealkylation sites (N-methyl/N-ethyl adjacent to an activating group) is 1. The maximum atomic E-state index is 13.5. The molecule has 112 valence electrons. The van der Waals surface area contributed by atoms with Gasteiger partial charge in [-0.1, -0.05) is 22.0 Å². The van der Waals surface area contributed by atoms with Crippen LogP contribution in [0.5, 0.6) is 0 Å². The van der Waals surface area contributed by atoms with E-state index in [2.05, 4.69) is 15.9 Å². The van der Waals surface area contributed by atoms with Crippen LogP contribution in [0.2, 0.25) is 0 Å². The summed E-state index contributed by atoms with van der Waals surface area (Å²) in [7, 11) is 3.72. The van der Waals surface area contributed by atoms with Crippen molar-refractivity contribution in [2.45, 2.75) is 6.04 Å². The van der Waals surface area contributed by atoms with Gasteiger partial charge in [-0.2, -0.15) is 0 Å². The first-order chi connectivity index (χ1) is 9.88. The van der Waals surface area contributed by atoms with Crippen molar-refractivity contribution in [2.75, 3.05) is 20.6 Å². The van der Waals surface area contributed by atoms with Gasteiger partial charge >= 0.3 is 0 Å². The lowest BCUT2D eigenvalue weighted by molar-refractivity contribution is 0.345. The van der Waals surface area contributed by atoms with Gasteiger partial charge in [-0.05, 0) is 37.9 Å². The summed E-state index contributed by atoms with van der Waals surface area (Å²) in [6, 6.07) is 6.51. The molecule has 1 aromatic carbocycles. The predicted molar refractivity (Wildman–Crippen MR) is 81.5 cm³/mol. The molecule has 1 heterocycles. The summed E-state index contributed by atoms with van der Waals surface area (Å²) in [5.41, 5.74) is 0.341. The second-order valence-electron chi connectivity index (χ2n) is 5.04. The fourth-order valence-electron chi connectivity index (χ4n) is 2.14. The van der Waals surface area contributed by atoms with Crippen LogP contribution in [0.3, 0.4) is 0 Å². The van der Waals surface area contributed by atoms with Crippen LogP contribution >= 0.6 is 15.9 Å². The number of nitrogens with zero attached hydrogens (tertiary/aromatic N) is 2. The molecule has 3 nitrogen and oxygen atoms in total. The third-order valence-electron chi connectivity index (χ3n) is 3.11. The van der Waals surface area contributed by atoms with E-state index in [4.69, 9.17) is 0 Å². The lowest BCUT2D eigenvalue weighted by Gasteiger charge is -2.24. The molecule has 0 bridgehead atoms. The van der Waals surface area contributed by atoms with Crippen molar-refractivity contribution in [2.24, 2.45) is 0 Å². The quantitative estimate of drug-likeness (QED) is 0.841. The summed E-state index contributed by atoms with van der Waals surface area (Å²) in [4.78, 5) is 14.0. The van der Waals surface area contributed by atoms with Crippen LogP contribution in [0.4, 0.5) is 8.78 Å². The minimum absolute atomic E-state index is 0.207. The third kappa shape index (κ3) is 3.77. The molecule has 2 aromatic rings. The normalized spacial score (nSPS) is 12.7. The summed E-state index contributed by atoms with van der Waals surface area (Å²) in [5, 5.41) is 0. The van der Waals surface area contributed by atoms with Gasteiger partial charge in [-0.25, -0.2) is 8.78 Å². The molecule has 21 heavy (non-hydrogen) atoms. The fourth-order valence-corrected chi connectivity index (χ4v) is 2.46. The number of hydrogen-bond acceptors (Lipinski definition) is 2. The van der Waals surface area contributed by atoms with Gasteiger partial charge in [-0.15, -0.1) is 0 Å². The summed E-state index contributed by atoms with van der Waals surface area (Å²) in [6.07, 6.45) is 1.64. The van der Waals surface area contributed by atoms with Crippen LogP contribution in [0.1, 0.15) is 11.6 Å². The summed E-state index contributed by atoms with van der Waals surface area (Å²) in [5.74, 6) is -1.81. The summed E-state index contributed by atoms with van der Waals surface area (Å²) in [6.45, 7) is 0.493. The van der Waals surface area contributed by atoms with Crippen LogP contribution < -0.4 is 5.56 Å². The first kappa shape index (κ1) is 15.9. The minimum atomic E-state index is -0.915. The van der Waals surface area contributed by atoms with Crippen LogP contribution in [0.15, 0.2) is 45.8 Å². The number of rotatable bonds is 4. The Morgan fingerprint density at radius 3 is 2.48 bits per heavy atom. The van der Waals surface area contributed by atoms with Gasteiger partial charge in [0.05, 0.1) is 6.04 Å². The topological polar surface area (TPSA) is 25.2 Å². The smallest absolute Gasteiger partial charge is 0.252 e. The summed E-state index contributed by atoms with van der Waals surface area (Å²) < 4.78 is 28.8. The van der Waals surface area contributed by atoms with E-state index in [-0.39, 0.29) is 5.56 Å². The van der Waals surface area contributed by atoms with Crippen molar-refractivity contribution >= 4 is 15.9 Å². The third-order valence-corrected chi connectivity index (χ3v) is 3.61. The average molecular weight is 357 g/mol. The molecule has 0 fully saturated rings. The second kappa shape index (κ2) is 6.49. The van der Waals surface area contributed by atoms with Crippen molar-refractivity contribution in [3.05, 3.63) is 68.6 Å². The largest absolute Gasteiger partial charge is 0.307 e. The minimum Gasteiger partial charge on any atom is -0.307 e. The highest BCUT2D eigenvalue weighted by Gasteiger charge is 2.18. The van der Waals surface area contributed by atoms with Crippen LogP contribution in [0, 0.1) is 11.6 Å². The Bertz CT molecular complexity index is 700. The molecule has 0 spiro atoms. The lowest BCUT2D eigenvalue weighted by Crippen LogP contribution is -2.32. The highest BCUT2D eigenvalue weighted by molar-refractivity contribution is 9.10. The van der Waals surface area contributed by atoms with E-state index in [9.17, 15) is 13.6 Å². The molecule has 0 saturated heterocycles. The van der Waals surface area contributed by atoms with Crippen LogP contribution in [-0.2, 0) is 0 Å². The number of hydrogen-bond donors (Lipinski definition) is 0. The van der Waals surface area contributed by atoms with E-state index in [1.165, 1.54) is 16.7 Å². The molecule has 0 N–H and O–H groups in total. The molecular weight excluding hydrogens is 342 g/mol. The van der Waals surface area contributed by atoms with E-state index < -0.39 is 17.7 Å². The molecule has 0 aliphatic carbocycles. The lowest BCUT2D eigenvalue weighted by atomic mass is 10.1. The van der Waals surface area contributed by atoms with Crippen LogP contribution in [0.25, 0.3) is 0 Å². The van der Waals surface area contributed by atoms with Crippen molar-refractivity contribution in [1.29, 1.82) is 0 Å². The standard InChI is InChI=1S/C15H15BrF2N2O/c1-19(2)9-14(10-3-4-12(17)13(18)7-10)20-6-5-11(16)8-15(20)21/h3-8,14H,9H2,1-2H3. The molecular formula is C15H15BrF2N2O. The Balaban J connectivity index is 2.52. The number of benzene rings is 1. The van der Waals surface area contributed by atoms with Gasteiger partial charge in [0, 0.05) is 23.3 Å². The molecule has 0 aliphatic heterocycles. The Labute approximate surface area is 129 Å². The number of halogens is 3. The predicted octanol–water partition coefficient (Wildman–Crippen LogP) is 3.04. The Morgan fingerprint density at radius 1 is 1.19 bits per heavy atom. The molecule has 1 unspecified atom stereocenters. The monoisotopic (exact) mass is 356 g/mol. The molecule has 2 rings (SSSR count). The molecule has 6 heteroatoms. The fraction of sp³-hybridized carbons (Fsp3) is 0.267. The molecule has 0 saturated carbocycles. The maximum absolute atomic E-state index is 13.5. The van der Waals surface area contributed by atoms with Gasteiger partial charge in [0.1, 0.15) is 0 Å². The SMILES string of the molecule is CN(C)CC(c1ccc(F)c(F)c1)n1ccc(Br)cc1=O. The van der Waals surface area contributed by atoms with Gasteiger partial charge < -0.3 is 9.47 Å². The zero-order valence-electron chi connectivity index (χ0n) is 11.7. The van der Waals surface area contributed by atoms with E-state index in [0.29, 0.717) is 16.6 Å². The average Bonchev–Trinajstić information content (AvgIpc) is 2.40. The van der Waals surface area contributed by atoms with Crippen molar-refractivity contribution in [1.82, 2.24) is 9.47 Å².